The van der Waals surface area contributed by atoms with Gasteiger partial charge in [0.15, 0.2) is 11.3 Å². The zero-order valence-electron chi connectivity index (χ0n) is 21.0. The molecule has 0 bridgehead atoms. The largest absolute Gasteiger partial charge is 0.462 e. The summed E-state index contributed by atoms with van der Waals surface area (Å²) in [4.78, 5) is 40.8. The SMILES string of the molecule is CCCCOC(=O)c1ccc(-n2c3nc4ccccc4nc3c3c(=O)n([C@@H](C)CC)c(C)nc32)cc1. The van der Waals surface area contributed by atoms with E-state index in [1.807, 2.05) is 68.7 Å². The van der Waals surface area contributed by atoms with Gasteiger partial charge in [-0.3, -0.25) is 13.9 Å². The first kappa shape index (κ1) is 23.7. The van der Waals surface area contributed by atoms with Gasteiger partial charge < -0.3 is 4.74 Å². The van der Waals surface area contributed by atoms with Crippen molar-refractivity contribution >= 4 is 39.2 Å². The fourth-order valence-corrected chi connectivity index (χ4v) is 4.50. The number of para-hydroxylation sites is 2. The Labute approximate surface area is 208 Å². The van der Waals surface area contributed by atoms with Crippen LogP contribution in [0.4, 0.5) is 0 Å². The third-order valence-electron chi connectivity index (χ3n) is 6.61. The number of aromatic nitrogens is 5. The van der Waals surface area contributed by atoms with Gasteiger partial charge in [0.2, 0.25) is 0 Å². The van der Waals surface area contributed by atoms with E-state index in [2.05, 4.69) is 0 Å². The van der Waals surface area contributed by atoms with Crippen molar-refractivity contribution in [3.8, 4) is 5.69 Å². The lowest BCUT2D eigenvalue weighted by Crippen LogP contribution is -2.26. The maximum absolute atomic E-state index is 13.8. The normalized spacial score (nSPS) is 12.4. The van der Waals surface area contributed by atoms with Gasteiger partial charge in [0, 0.05) is 11.7 Å². The highest BCUT2D eigenvalue weighted by molar-refractivity contribution is 6.06. The summed E-state index contributed by atoms with van der Waals surface area (Å²) in [6.45, 7) is 8.36. The average Bonchev–Trinajstić information content (AvgIpc) is 3.20. The first-order valence-corrected chi connectivity index (χ1v) is 12.4. The van der Waals surface area contributed by atoms with Crippen LogP contribution in [0.5, 0.6) is 0 Å². The number of rotatable bonds is 7. The molecule has 0 radical (unpaired) electrons. The van der Waals surface area contributed by atoms with E-state index in [4.69, 9.17) is 19.7 Å². The molecule has 36 heavy (non-hydrogen) atoms. The predicted octanol–water partition coefficient (Wildman–Crippen LogP) is 5.52. The second-order valence-corrected chi connectivity index (χ2v) is 9.05. The molecule has 8 heteroatoms. The Hall–Kier alpha value is -4.07. The molecule has 184 valence electrons. The first-order chi connectivity index (χ1) is 17.4. The highest BCUT2D eigenvalue weighted by Gasteiger charge is 2.23. The van der Waals surface area contributed by atoms with Crippen LogP contribution >= 0.6 is 0 Å². The number of hydrogen-bond acceptors (Lipinski definition) is 6. The van der Waals surface area contributed by atoms with Gasteiger partial charge in [0.25, 0.3) is 5.56 Å². The van der Waals surface area contributed by atoms with Crippen molar-refractivity contribution in [2.45, 2.75) is 53.0 Å². The Bertz CT molecular complexity index is 1650. The lowest BCUT2D eigenvalue weighted by atomic mass is 10.2. The van der Waals surface area contributed by atoms with Crippen LogP contribution in [0.3, 0.4) is 0 Å². The Balaban J connectivity index is 1.76. The number of ether oxygens (including phenoxy) is 1. The summed E-state index contributed by atoms with van der Waals surface area (Å²) in [6, 6.07) is 14.7. The standard InChI is InChI=1S/C28H29N5O3/c1-5-7-16-36-28(35)19-12-14-20(15-13-19)33-25-23(27(34)32(17(3)6-2)18(4)29-25)24-26(33)31-22-11-9-8-10-21(22)30-24/h8-15,17H,5-7,16H2,1-4H3/t17-/m0/s1. The van der Waals surface area contributed by atoms with Crippen molar-refractivity contribution in [1.82, 2.24) is 24.1 Å². The van der Waals surface area contributed by atoms with E-state index in [1.54, 1.807) is 16.7 Å². The fraction of sp³-hybridized carbons (Fsp3) is 0.321. The van der Waals surface area contributed by atoms with Crippen LogP contribution in [0.15, 0.2) is 53.3 Å². The number of aryl methyl sites for hydroxylation is 1. The summed E-state index contributed by atoms with van der Waals surface area (Å²) < 4.78 is 8.93. The van der Waals surface area contributed by atoms with E-state index in [1.165, 1.54) is 0 Å². The first-order valence-electron chi connectivity index (χ1n) is 12.4. The molecule has 0 aliphatic rings. The molecule has 0 aliphatic heterocycles. The molecule has 0 aliphatic carbocycles. The molecule has 0 fully saturated rings. The third-order valence-corrected chi connectivity index (χ3v) is 6.61. The monoisotopic (exact) mass is 483 g/mol. The molecule has 0 saturated carbocycles. The second kappa shape index (κ2) is 9.53. The van der Waals surface area contributed by atoms with E-state index in [0.29, 0.717) is 45.7 Å². The highest BCUT2D eigenvalue weighted by Crippen LogP contribution is 2.29. The van der Waals surface area contributed by atoms with Gasteiger partial charge in [-0.2, -0.15) is 0 Å². The van der Waals surface area contributed by atoms with Crippen molar-refractivity contribution in [3.63, 3.8) is 0 Å². The smallest absolute Gasteiger partial charge is 0.338 e. The maximum atomic E-state index is 13.8. The lowest BCUT2D eigenvalue weighted by molar-refractivity contribution is 0.0500. The number of carbonyl (C=O) groups is 1. The van der Waals surface area contributed by atoms with Crippen LogP contribution in [0.2, 0.25) is 0 Å². The Morgan fingerprint density at radius 3 is 2.33 bits per heavy atom. The summed E-state index contributed by atoms with van der Waals surface area (Å²) in [5.74, 6) is 0.278. The molecular formula is C28H29N5O3. The molecule has 0 unspecified atom stereocenters. The fourth-order valence-electron chi connectivity index (χ4n) is 4.50. The molecular weight excluding hydrogens is 454 g/mol. The molecule has 8 nitrogen and oxygen atoms in total. The minimum absolute atomic E-state index is 0.000722. The Morgan fingerprint density at radius 1 is 0.972 bits per heavy atom. The summed E-state index contributed by atoms with van der Waals surface area (Å²) in [5, 5.41) is 0.442. The van der Waals surface area contributed by atoms with Crippen molar-refractivity contribution in [2.75, 3.05) is 6.61 Å². The molecule has 0 saturated heterocycles. The summed E-state index contributed by atoms with van der Waals surface area (Å²) >= 11 is 0. The number of benzene rings is 2. The van der Waals surface area contributed by atoms with Crippen LogP contribution in [0.1, 0.15) is 62.3 Å². The minimum atomic E-state index is -0.353. The number of hydrogen-bond donors (Lipinski definition) is 0. The van der Waals surface area contributed by atoms with Gasteiger partial charge >= 0.3 is 5.97 Å². The second-order valence-electron chi connectivity index (χ2n) is 9.05. The van der Waals surface area contributed by atoms with Crippen LogP contribution in [0, 0.1) is 6.92 Å². The zero-order valence-corrected chi connectivity index (χ0v) is 21.0. The van der Waals surface area contributed by atoms with Crippen molar-refractivity contribution in [3.05, 3.63) is 70.3 Å². The van der Waals surface area contributed by atoms with E-state index in [0.717, 1.165) is 30.5 Å². The van der Waals surface area contributed by atoms with Crippen LogP contribution in [-0.4, -0.2) is 36.7 Å². The minimum Gasteiger partial charge on any atom is -0.462 e. The number of carbonyl (C=O) groups excluding carboxylic acids is 1. The zero-order chi connectivity index (χ0) is 25.4. The molecule has 0 N–H and O–H groups in total. The summed E-state index contributed by atoms with van der Waals surface area (Å²) in [5.41, 5.74) is 4.08. The van der Waals surface area contributed by atoms with Gasteiger partial charge in [0.05, 0.1) is 23.2 Å². The number of esters is 1. The van der Waals surface area contributed by atoms with E-state index >= 15 is 0 Å². The Morgan fingerprint density at radius 2 is 1.67 bits per heavy atom. The molecule has 3 aromatic heterocycles. The summed E-state index contributed by atoms with van der Waals surface area (Å²) in [6.07, 6.45) is 2.59. The van der Waals surface area contributed by atoms with Crippen molar-refractivity contribution in [2.24, 2.45) is 0 Å². The Kier molecular flexibility index (Phi) is 6.26. The van der Waals surface area contributed by atoms with Crippen LogP contribution < -0.4 is 5.56 Å². The molecule has 5 aromatic rings. The number of fused-ring (bicyclic) bond motifs is 4. The van der Waals surface area contributed by atoms with Gasteiger partial charge in [-0.1, -0.05) is 32.4 Å². The van der Waals surface area contributed by atoms with Gasteiger partial charge in [0.1, 0.15) is 16.7 Å². The highest BCUT2D eigenvalue weighted by atomic mass is 16.5. The van der Waals surface area contributed by atoms with E-state index < -0.39 is 0 Å². The lowest BCUT2D eigenvalue weighted by Gasteiger charge is -2.16. The van der Waals surface area contributed by atoms with Crippen LogP contribution in [-0.2, 0) is 4.74 Å². The predicted molar refractivity (Wildman–Crippen MR) is 141 cm³/mol. The maximum Gasteiger partial charge on any atom is 0.338 e. The topological polar surface area (TPSA) is 91.9 Å². The number of nitrogens with zero attached hydrogens (tertiary/aromatic N) is 5. The molecule has 1 atom stereocenters. The molecule has 2 aromatic carbocycles. The van der Waals surface area contributed by atoms with Gasteiger partial charge in [-0.05, 0) is 63.1 Å². The van der Waals surface area contributed by atoms with Crippen molar-refractivity contribution < 1.29 is 9.53 Å². The average molecular weight is 484 g/mol. The quantitative estimate of drug-likeness (QED) is 0.224. The summed E-state index contributed by atoms with van der Waals surface area (Å²) in [7, 11) is 0. The molecule has 3 heterocycles. The van der Waals surface area contributed by atoms with Crippen LogP contribution in [0.25, 0.3) is 38.9 Å². The molecule has 5 rings (SSSR count). The van der Waals surface area contributed by atoms with E-state index in [9.17, 15) is 9.59 Å². The van der Waals surface area contributed by atoms with Gasteiger partial charge in [-0.25, -0.2) is 19.7 Å². The van der Waals surface area contributed by atoms with Crippen molar-refractivity contribution in [1.29, 1.82) is 0 Å². The number of unbranched alkanes of at least 4 members (excludes halogenated alkanes) is 1. The molecule has 0 spiro atoms. The third kappa shape index (κ3) is 3.92. The van der Waals surface area contributed by atoms with Gasteiger partial charge in [-0.15, -0.1) is 0 Å². The molecule has 0 amide bonds. The van der Waals surface area contributed by atoms with E-state index in [-0.39, 0.29) is 17.6 Å².